The second-order valence-electron chi connectivity index (χ2n) is 5.35. The fraction of sp³-hybridized carbons (Fsp3) is 0.600. The predicted octanol–water partition coefficient (Wildman–Crippen LogP) is 2.22. The molecular formula is C15H24N2O. The number of hydrogen-bond donors (Lipinski definition) is 1. The highest BCUT2D eigenvalue weighted by molar-refractivity contribution is 5.31. The van der Waals surface area contributed by atoms with Crippen LogP contribution in [0.25, 0.3) is 0 Å². The second kappa shape index (κ2) is 6.21. The number of piperidine rings is 1. The number of benzene rings is 1. The van der Waals surface area contributed by atoms with Crippen LogP contribution in [0.5, 0.6) is 5.75 Å². The molecule has 0 aliphatic carbocycles. The van der Waals surface area contributed by atoms with Crippen molar-refractivity contribution in [1.29, 1.82) is 0 Å². The van der Waals surface area contributed by atoms with Gasteiger partial charge in [0, 0.05) is 6.54 Å². The first kappa shape index (κ1) is 13.4. The third-order valence-electron chi connectivity index (χ3n) is 3.66. The summed E-state index contributed by atoms with van der Waals surface area (Å²) in [6, 6.07) is 8.36. The minimum atomic E-state index is 0.326. The lowest BCUT2D eigenvalue weighted by Crippen LogP contribution is -2.38. The molecule has 0 saturated carbocycles. The third-order valence-corrected chi connectivity index (χ3v) is 3.66. The summed E-state index contributed by atoms with van der Waals surface area (Å²) in [5.41, 5.74) is 6.97. The van der Waals surface area contributed by atoms with Crippen LogP contribution in [0.15, 0.2) is 24.3 Å². The Hall–Kier alpha value is -1.06. The Labute approximate surface area is 110 Å². The molecule has 1 aromatic rings. The molecule has 100 valence electrons. The molecule has 1 aromatic carbocycles. The lowest BCUT2D eigenvalue weighted by atomic mass is 10.0. The van der Waals surface area contributed by atoms with Crippen molar-refractivity contribution < 1.29 is 4.74 Å². The summed E-state index contributed by atoms with van der Waals surface area (Å²) >= 11 is 0. The number of hydrogen-bond acceptors (Lipinski definition) is 3. The molecular weight excluding hydrogens is 224 g/mol. The summed E-state index contributed by atoms with van der Waals surface area (Å²) in [6.45, 7) is 5.03. The van der Waals surface area contributed by atoms with Crippen LogP contribution >= 0.6 is 0 Å². The molecule has 2 atom stereocenters. The SMILES string of the molecule is CC(CN)c1cccc(OC2CCCN(C)C2)c1. The molecule has 2 N–H and O–H groups in total. The molecule has 2 unspecified atom stereocenters. The van der Waals surface area contributed by atoms with E-state index >= 15 is 0 Å². The molecule has 0 spiro atoms. The minimum absolute atomic E-state index is 0.326. The molecule has 0 amide bonds. The predicted molar refractivity (Wildman–Crippen MR) is 75.1 cm³/mol. The van der Waals surface area contributed by atoms with Gasteiger partial charge in [0.05, 0.1) is 0 Å². The standard InChI is InChI=1S/C15H24N2O/c1-12(10-16)13-5-3-6-14(9-13)18-15-7-4-8-17(2)11-15/h3,5-6,9,12,15H,4,7-8,10-11,16H2,1-2H3. The fourth-order valence-corrected chi connectivity index (χ4v) is 2.44. The van der Waals surface area contributed by atoms with Crippen molar-refractivity contribution in [3.63, 3.8) is 0 Å². The van der Waals surface area contributed by atoms with Crippen LogP contribution in [0.2, 0.25) is 0 Å². The second-order valence-corrected chi connectivity index (χ2v) is 5.35. The van der Waals surface area contributed by atoms with Crippen molar-refractivity contribution in [3.05, 3.63) is 29.8 Å². The summed E-state index contributed by atoms with van der Waals surface area (Å²) in [5, 5.41) is 0. The van der Waals surface area contributed by atoms with E-state index in [0.29, 0.717) is 18.6 Å². The molecule has 0 bridgehead atoms. The summed E-state index contributed by atoms with van der Waals surface area (Å²) in [7, 11) is 2.16. The van der Waals surface area contributed by atoms with E-state index in [0.717, 1.165) is 18.7 Å². The molecule has 1 saturated heterocycles. The highest BCUT2D eigenvalue weighted by atomic mass is 16.5. The third kappa shape index (κ3) is 3.47. The van der Waals surface area contributed by atoms with Crippen LogP contribution in [0.3, 0.4) is 0 Å². The average molecular weight is 248 g/mol. The van der Waals surface area contributed by atoms with Crippen molar-refractivity contribution in [1.82, 2.24) is 4.90 Å². The summed E-state index contributed by atoms with van der Waals surface area (Å²) in [4.78, 5) is 2.33. The van der Waals surface area contributed by atoms with Gasteiger partial charge in [-0.25, -0.2) is 0 Å². The summed E-state index contributed by atoms with van der Waals surface area (Å²) in [5.74, 6) is 1.37. The molecule has 0 radical (unpaired) electrons. The van der Waals surface area contributed by atoms with Gasteiger partial charge in [-0.2, -0.15) is 0 Å². The van der Waals surface area contributed by atoms with Crippen LogP contribution in [-0.2, 0) is 0 Å². The maximum absolute atomic E-state index is 6.08. The van der Waals surface area contributed by atoms with Crippen molar-refractivity contribution >= 4 is 0 Å². The number of nitrogens with zero attached hydrogens (tertiary/aromatic N) is 1. The van der Waals surface area contributed by atoms with Gasteiger partial charge in [0.2, 0.25) is 0 Å². The highest BCUT2D eigenvalue weighted by Gasteiger charge is 2.18. The first-order valence-electron chi connectivity index (χ1n) is 6.84. The van der Waals surface area contributed by atoms with Crippen LogP contribution in [0.4, 0.5) is 0 Å². The number of ether oxygens (including phenoxy) is 1. The normalized spacial score (nSPS) is 22.7. The van der Waals surface area contributed by atoms with Gasteiger partial charge in [0.1, 0.15) is 11.9 Å². The Morgan fingerprint density at radius 3 is 3.06 bits per heavy atom. The molecule has 18 heavy (non-hydrogen) atoms. The van der Waals surface area contributed by atoms with Gasteiger partial charge in [-0.05, 0) is 56.6 Å². The van der Waals surface area contributed by atoms with Crippen molar-refractivity contribution in [2.45, 2.75) is 31.8 Å². The van der Waals surface area contributed by atoms with E-state index in [-0.39, 0.29) is 0 Å². The van der Waals surface area contributed by atoms with E-state index in [1.54, 1.807) is 0 Å². The summed E-state index contributed by atoms with van der Waals surface area (Å²) < 4.78 is 6.08. The van der Waals surface area contributed by atoms with Gasteiger partial charge in [0.25, 0.3) is 0 Å². The topological polar surface area (TPSA) is 38.5 Å². The molecule has 3 heteroatoms. The van der Waals surface area contributed by atoms with Crippen LogP contribution in [-0.4, -0.2) is 37.7 Å². The quantitative estimate of drug-likeness (QED) is 0.888. The maximum Gasteiger partial charge on any atom is 0.120 e. The molecule has 1 aliphatic heterocycles. The van der Waals surface area contributed by atoms with Crippen LogP contribution in [0, 0.1) is 0 Å². The van der Waals surface area contributed by atoms with Crippen molar-refractivity contribution in [2.75, 3.05) is 26.7 Å². The molecule has 3 nitrogen and oxygen atoms in total. The Morgan fingerprint density at radius 1 is 1.50 bits per heavy atom. The van der Waals surface area contributed by atoms with Crippen LogP contribution < -0.4 is 10.5 Å². The van der Waals surface area contributed by atoms with Gasteiger partial charge in [0.15, 0.2) is 0 Å². The van der Waals surface area contributed by atoms with Gasteiger partial charge in [-0.1, -0.05) is 19.1 Å². The van der Waals surface area contributed by atoms with Gasteiger partial charge in [-0.15, -0.1) is 0 Å². The van der Waals surface area contributed by atoms with Crippen LogP contribution in [0.1, 0.15) is 31.2 Å². The average Bonchev–Trinajstić information content (AvgIpc) is 2.38. The molecule has 0 aromatic heterocycles. The molecule has 1 heterocycles. The van der Waals surface area contributed by atoms with Gasteiger partial charge >= 0.3 is 0 Å². The first-order valence-corrected chi connectivity index (χ1v) is 6.84. The fourth-order valence-electron chi connectivity index (χ4n) is 2.44. The van der Waals surface area contributed by atoms with E-state index in [2.05, 4.69) is 37.1 Å². The largest absolute Gasteiger partial charge is 0.489 e. The van der Waals surface area contributed by atoms with E-state index in [9.17, 15) is 0 Å². The van der Waals surface area contributed by atoms with Gasteiger partial charge < -0.3 is 15.4 Å². The Kier molecular flexibility index (Phi) is 4.61. The Balaban J connectivity index is 2.00. The Bertz CT molecular complexity index is 381. The number of rotatable bonds is 4. The smallest absolute Gasteiger partial charge is 0.120 e. The van der Waals surface area contributed by atoms with Crippen molar-refractivity contribution in [2.24, 2.45) is 5.73 Å². The van der Waals surface area contributed by atoms with E-state index < -0.39 is 0 Å². The van der Waals surface area contributed by atoms with Crippen molar-refractivity contribution in [3.8, 4) is 5.75 Å². The zero-order valence-corrected chi connectivity index (χ0v) is 11.4. The summed E-state index contributed by atoms with van der Waals surface area (Å²) in [6.07, 6.45) is 2.70. The maximum atomic E-state index is 6.08. The zero-order valence-electron chi connectivity index (χ0n) is 11.4. The Morgan fingerprint density at radius 2 is 2.33 bits per heavy atom. The molecule has 1 aliphatic rings. The van der Waals surface area contributed by atoms with E-state index in [4.69, 9.17) is 10.5 Å². The number of likely N-dealkylation sites (N-methyl/N-ethyl adjacent to an activating group) is 1. The molecule has 1 fully saturated rings. The first-order chi connectivity index (χ1) is 8.69. The molecule has 2 rings (SSSR count). The lowest BCUT2D eigenvalue weighted by Gasteiger charge is -2.30. The van der Waals surface area contributed by atoms with E-state index in [1.165, 1.54) is 18.5 Å². The number of nitrogens with two attached hydrogens (primary N) is 1. The lowest BCUT2D eigenvalue weighted by molar-refractivity contribution is 0.104. The number of likely N-dealkylation sites (tertiary alicyclic amines) is 1. The minimum Gasteiger partial charge on any atom is -0.489 e. The monoisotopic (exact) mass is 248 g/mol. The zero-order chi connectivity index (χ0) is 13.0. The highest BCUT2D eigenvalue weighted by Crippen LogP contribution is 2.22. The van der Waals surface area contributed by atoms with Gasteiger partial charge in [-0.3, -0.25) is 0 Å². The van der Waals surface area contributed by atoms with E-state index in [1.807, 2.05) is 6.07 Å².